The zero-order chi connectivity index (χ0) is 17.8. The topological polar surface area (TPSA) is 84.7 Å². The van der Waals surface area contributed by atoms with Gasteiger partial charge in [0.05, 0.1) is 11.7 Å². The quantitative estimate of drug-likeness (QED) is 0.766. The predicted octanol–water partition coefficient (Wildman–Crippen LogP) is 3.16. The predicted molar refractivity (Wildman–Crippen MR) is 95.6 cm³/mol. The number of urea groups is 1. The molecule has 0 saturated heterocycles. The van der Waals surface area contributed by atoms with E-state index in [0.29, 0.717) is 11.5 Å². The summed E-state index contributed by atoms with van der Waals surface area (Å²) in [5.74, 6) is 0.509. The number of pyridine rings is 1. The van der Waals surface area contributed by atoms with Crippen molar-refractivity contribution in [1.82, 2.24) is 25.1 Å². The lowest BCUT2D eigenvalue weighted by atomic mass is 9.98. The molecule has 2 amide bonds. The van der Waals surface area contributed by atoms with Crippen LogP contribution in [0.3, 0.4) is 0 Å². The summed E-state index contributed by atoms with van der Waals surface area (Å²) >= 11 is 0. The summed E-state index contributed by atoms with van der Waals surface area (Å²) in [6.45, 7) is 6.08. The minimum absolute atomic E-state index is 0.119. The molecule has 7 nitrogen and oxygen atoms in total. The molecule has 2 N–H and O–H groups in total. The third kappa shape index (κ3) is 3.65. The van der Waals surface area contributed by atoms with Gasteiger partial charge in [-0.3, -0.25) is 0 Å². The van der Waals surface area contributed by atoms with E-state index in [0.717, 1.165) is 5.56 Å². The Labute approximate surface area is 146 Å². The van der Waals surface area contributed by atoms with E-state index in [1.807, 2.05) is 19.1 Å². The van der Waals surface area contributed by atoms with Crippen LogP contribution in [-0.2, 0) is 0 Å². The fourth-order valence-corrected chi connectivity index (χ4v) is 2.67. The molecule has 2 heterocycles. The van der Waals surface area contributed by atoms with E-state index in [1.54, 1.807) is 18.3 Å². The summed E-state index contributed by atoms with van der Waals surface area (Å²) in [7, 11) is 0. The lowest BCUT2D eigenvalue weighted by molar-refractivity contribution is 0.249. The van der Waals surface area contributed by atoms with Crippen LogP contribution < -0.4 is 10.6 Å². The van der Waals surface area contributed by atoms with Gasteiger partial charge in [-0.15, -0.1) is 0 Å². The molecule has 128 valence electrons. The second-order valence-electron chi connectivity index (χ2n) is 5.82. The summed E-state index contributed by atoms with van der Waals surface area (Å²) in [5, 5.41) is 9.85. The molecule has 0 fully saturated rings. The van der Waals surface area contributed by atoms with Crippen LogP contribution in [0, 0.1) is 13.8 Å². The molecule has 0 aliphatic heterocycles. The molecule has 0 radical (unpaired) electrons. The minimum atomic E-state index is -0.303. The summed E-state index contributed by atoms with van der Waals surface area (Å²) in [6, 6.07) is 9.19. The van der Waals surface area contributed by atoms with Gasteiger partial charge in [-0.05, 0) is 49.6 Å². The zero-order valence-corrected chi connectivity index (χ0v) is 14.4. The highest BCUT2D eigenvalue weighted by atomic mass is 16.2. The minimum Gasteiger partial charge on any atom is -0.331 e. The number of carbonyl (C=O) groups excluding carboxylic acids is 1. The monoisotopic (exact) mass is 336 g/mol. The number of hydrogen-bond donors (Lipinski definition) is 2. The van der Waals surface area contributed by atoms with Gasteiger partial charge in [-0.25, -0.2) is 19.4 Å². The number of benzene rings is 1. The molecule has 2 aromatic heterocycles. The molecular formula is C18H20N6O. The van der Waals surface area contributed by atoms with Crippen molar-refractivity contribution in [3.8, 4) is 5.82 Å². The number of nitrogens with one attached hydrogen (secondary N) is 2. The molecular weight excluding hydrogens is 316 g/mol. The van der Waals surface area contributed by atoms with Gasteiger partial charge in [-0.1, -0.05) is 18.2 Å². The van der Waals surface area contributed by atoms with E-state index in [9.17, 15) is 4.79 Å². The molecule has 0 saturated carbocycles. The Kier molecular flexibility index (Phi) is 4.74. The fourth-order valence-electron chi connectivity index (χ4n) is 2.67. The molecule has 3 aromatic rings. The van der Waals surface area contributed by atoms with Gasteiger partial charge in [0.15, 0.2) is 5.82 Å². The normalized spacial score (nSPS) is 11.8. The van der Waals surface area contributed by atoms with E-state index in [4.69, 9.17) is 0 Å². The number of aromatic nitrogens is 4. The van der Waals surface area contributed by atoms with Crippen LogP contribution in [0.2, 0.25) is 0 Å². The molecule has 3 rings (SSSR count). The lowest BCUT2D eigenvalue weighted by Crippen LogP contribution is -2.32. The summed E-state index contributed by atoms with van der Waals surface area (Å²) < 4.78 is 1.50. The van der Waals surface area contributed by atoms with Gasteiger partial charge in [0.2, 0.25) is 0 Å². The summed E-state index contributed by atoms with van der Waals surface area (Å²) in [6.07, 6.45) is 4.59. The smallest absolute Gasteiger partial charge is 0.319 e. The zero-order valence-electron chi connectivity index (χ0n) is 14.4. The Morgan fingerprint density at radius 2 is 2.04 bits per heavy atom. The first-order chi connectivity index (χ1) is 12.1. The molecule has 0 aliphatic rings. The van der Waals surface area contributed by atoms with Crippen molar-refractivity contribution in [2.45, 2.75) is 26.8 Å². The second kappa shape index (κ2) is 7.12. The molecule has 0 aliphatic carbocycles. The van der Waals surface area contributed by atoms with Gasteiger partial charge in [-0.2, -0.15) is 5.10 Å². The number of amides is 2. The Hall–Kier alpha value is -3.22. The third-order valence-corrected chi connectivity index (χ3v) is 4.13. The first-order valence-corrected chi connectivity index (χ1v) is 8.00. The Morgan fingerprint density at radius 3 is 2.80 bits per heavy atom. The molecule has 1 unspecified atom stereocenters. The average molecular weight is 336 g/mol. The molecule has 0 spiro atoms. The van der Waals surface area contributed by atoms with Crippen molar-refractivity contribution in [2.75, 3.05) is 5.32 Å². The maximum Gasteiger partial charge on any atom is 0.319 e. The average Bonchev–Trinajstić information content (AvgIpc) is 3.12. The number of hydrogen-bond acceptors (Lipinski definition) is 4. The van der Waals surface area contributed by atoms with E-state index < -0.39 is 0 Å². The van der Waals surface area contributed by atoms with Gasteiger partial charge in [0, 0.05) is 6.20 Å². The van der Waals surface area contributed by atoms with E-state index in [-0.39, 0.29) is 12.1 Å². The summed E-state index contributed by atoms with van der Waals surface area (Å²) in [4.78, 5) is 20.6. The molecule has 7 heteroatoms. The van der Waals surface area contributed by atoms with E-state index >= 15 is 0 Å². The number of nitrogens with zero attached hydrogens (tertiary/aromatic N) is 4. The summed E-state index contributed by atoms with van der Waals surface area (Å²) in [5.41, 5.74) is 4.03. The van der Waals surface area contributed by atoms with Crippen LogP contribution >= 0.6 is 0 Å². The highest BCUT2D eigenvalue weighted by Crippen LogP contribution is 2.21. The Balaban J connectivity index is 1.74. The van der Waals surface area contributed by atoms with Crippen molar-refractivity contribution in [3.63, 3.8) is 0 Å². The van der Waals surface area contributed by atoms with Crippen molar-refractivity contribution in [2.24, 2.45) is 0 Å². The number of aryl methyl sites for hydroxylation is 1. The highest BCUT2D eigenvalue weighted by molar-refractivity contribution is 5.91. The van der Waals surface area contributed by atoms with Crippen LogP contribution in [0.4, 0.5) is 10.5 Å². The van der Waals surface area contributed by atoms with E-state index in [2.05, 4.69) is 45.6 Å². The molecule has 25 heavy (non-hydrogen) atoms. The van der Waals surface area contributed by atoms with Gasteiger partial charge in [0.1, 0.15) is 12.7 Å². The standard InChI is InChI=1S/C18H20N6O/c1-12-6-4-7-15(13(12)2)14(3)22-18(25)23-16-8-5-9-20-17(16)24-11-19-10-21-24/h4-11,14H,1-3H3,(H2,22,23,25). The number of carbonyl (C=O) groups is 1. The molecule has 0 bridgehead atoms. The van der Waals surface area contributed by atoms with Crippen molar-refractivity contribution >= 4 is 11.7 Å². The van der Waals surface area contributed by atoms with Crippen LogP contribution in [0.25, 0.3) is 5.82 Å². The first kappa shape index (κ1) is 16.6. The SMILES string of the molecule is Cc1cccc(C(C)NC(=O)Nc2cccnc2-n2cncn2)c1C. The van der Waals surface area contributed by atoms with E-state index in [1.165, 1.54) is 28.5 Å². The lowest BCUT2D eigenvalue weighted by Gasteiger charge is -2.18. The Bertz CT molecular complexity index is 875. The molecule has 1 aromatic carbocycles. The van der Waals surface area contributed by atoms with Gasteiger partial charge >= 0.3 is 6.03 Å². The van der Waals surface area contributed by atoms with Crippen molar-refractivity contribution in [1.29, 1.82) is 0 Å². The first-order valence-electron chi connectivity index (χ1n) is 8.00. The number of anilines is 1. The van der Waals surface area contributed by atoms with Crippen molar-refractivity contribution < 1.29 is 4.79 Å². The van der Waals surface area contributed by atoms with Crippen LogP contribution in [0.1, 0.15) is 29.7 Å². The second-order valence-corrected chi connectivity index (χ2v) is 5.82. The van der Waals surface area contributed by atoms with Crippen molar-refractivity contribution in [3.05, 3.63) is 65.9 Å². The third-order valence-electron chi connectivity index (χ3n) is 4.13. The van der Waals surface area contributed by atoms with Crippen LogP contribution in [0.15, 0.2) is 49.2 Å². The number of rotatable bonds is 4. The maximum absolute atomic E-state index is 12.4. The highest BCUT2D eigenvalue weighted by Gasteiger charge is 2.14. The van der Waals surface area contributed by atoms with Gasteiger partial charge in [0.25, 0.3) is 0 Å². The van der Waals surface area contributed by atoms with Gasteiger partial charge < -0.3 is 10.6 Å². The van der Waals surface area contributed by atoms with Crippen LogP contribution in [0.5, 0.6) is 0 Å². The Morgan fingerprint density at radius 1 is 1.20 bits per heavy atom. The fraction of sp³-hybridized carbons (Fsp3) is 0.222. The van der Waals surface area contributed by atoms with Crippen LogP contribution in [-0.4, -0.2) is 25.8 Å². The largest absolute Gasteiger partial charge is 0.331 e. The maximum atomic E-state index is 12.4. The molecule has 1 atom stereocenters.